The van der Waals surface area contributed by atoms with Gasteiger partial charge in [0.1, 0.15) is 17.2 Å². The zero-order valence-corrected chi connectivity index (χ0v) is 10.8. The molecule has 6 heteroatoms. The van der Waals surface area contributed by atoms with Gasteiger partial charge >= 0.3 is 0 Å². The average molecular weight is 293 g/mol. The van der Waals surface area contributed by atoms with Gasteiger partial charge in [-0.2, -0.15) is 0 Å². The van der Waals surface area contributed by atoms with E-state index in [1.165, 1.54) is 24.3 Å². The lowest BCUT2D eigenvalue weighted by molar-refractivity contribution is -0.304. The third-order valence-corrected chi connectivity index (χ3v) is 2.70. The minimum atomic E-state index is -2.81. The van der Waals surface area contributed by atoms with Gasteiger partial charge in [0.2, 0.25) is 0 Å². The number of carbonyl (C=O) groups excluding carboxylic acids is 1. The SMILES string of the molecule is O=C([O-])Cc1cccc(Oc2ccc(O)cc2C(F)F)c1. The van der Waals surface area contributed by atoms with Crippen molar-refractivity contribution in [3.8, 4) is 17.2 Å². The molecule has 0 heterocycles. The second-order valence-corrected chi connectivity index (χ2v) is 4.32. The van der Waals surface area contributed by atoms with E-state index < -0.39 is 18.0 Å². The Bertz CT molecular complexity index is 656. The molecule has 0 aliphatic heterocycles. The molecule has 0 bridgehead atoms. The summed E-state index contributed by atoms with van der Waals surface area (Å²) in [5.74, 6) is -1.41. The molecule has 0 radical (unpaired) electrons. The van der Waals surface area contributed by atoms with Crippen LogP contribution in [0.1, 0.15) is 17.6 Å². The second kappa shape index (κ2) is 6.21. The third-order valence-electron chi connectivity index (χ3n) is 2.70. The number of phenols is 1. The summed E-state index contributed by atoms with van der Waals surface area (Å²) in [5, 5.41) is 19.8. The van der Waals surface area contributed by atoms with E-state index in [1.807, 2.05) is 0 Å². The van der Waals surface area contributed by atoms with Crippen molar-refractivity contribution in [2.24, 2.45) is 0 Å². The molecule has 21 heavy (non-hydrogen) atoms. The van der Waals surface area contributed by atoms with Crippen molar-refractivity contribution in [2.45, 2.75) is 12.8 Å². The summed E-state index contributed by atoms with van der Waals surface area (Å²) in [7, 11) is 0. The summed E-state index contributed by atoms with van der Waals surface area (Å²) in [5.41, 5.74) is -0.00909. The van der Waals surface area contributed by atoms with Crippen LogP contribution in [0.2, 0.25) is 0 Å². The summed E-state index contributed by atoms with van der Waals surface area (Å²) in [6.45, 7) is 0. The third kappa shape index (κ3) is 3.92. The molecule has 1 N–H and O–H groups in total. The monoisotopic (exact) mass is 293 g/mol. The quantitative estimate of drug-likeness (QED) is 0.919. The van der Waals surface area contributed by atoms with E-state index in [2.05, 4.69) is 0 Å². The number of alkyl halides is 2. The predicted octanol–water partition coefficient (Wildman–Crippen LogP) is 2.41. The van der Waals surface area contributed by atoms with Gasteiger partial charge in [0.15, 0.2) is 0 Å². The molecule has 0 unspecified atom stereocenters. The molecule has 0 aromatic heterocycles. The number of hydrogen-bond acceptors (Lipinski definition) is 4. The number of aromatic hydroxyl groups is 1. The summed E-state index contributed by atoms with van der Waals surface area (Å²) >= 11 is 0. The van der Waals surface area contributed by atoms with Gasteiger partial charge in [0.25, 0.3) is 6.43 Å². The molecule has 0 aliphatic rings. The molecule has 0 saturated heterocycles. The highest BCUT2D eigenvalue weighted by atomic mass is 19.3. The Hall–Kier alpha value is -2.63. The lowest BCUT2D eigenvalue weighted by Crippen LogP contribution is -2.24. The molecule has 2 aromatic carbocycles. The molecule has 0 amide bonds. The molecule has 0 atom stereocenters. The summed E-state index contributed by atoms with van der Waals surface area (Å²) in [6.07, 6.45) is -3.10. The Morgan fingerprint density at radius 3 is 2.67 bits per heavy atom. The fourth-order valence-corrected chi connectivity index (χ4v) is 1.81. The van der Waals surface area contributed by atoms with Crippen LogP contribution < -0.4 is 9.84 Å². The number of ether oxygens (including phenoxy) is 1. The molecule has 2 aromatic rings. The number of benzene rings is 2. The van der Waals surface area contributed by atoms with E-state index in [1.54, 1.807) is 12.1 Å². The first-order valence-electron chi connectivity index (χ1n) is 6.03. The van der Waals surface area contributed by atoms with Crippen LogP contribution in [0.3, 0.4) is 0 Å². The van der Waals surface area contributed by atoms with Gasteiger partial charge in [0.05, 0.1) is 5.56 Å². The van der Waals surface area contributed by atoms with E-state index in [4.69, 9.17) is 4.74 Å². The van der Waals surface area contributed by atoms with Gasteiger partial charge in [-0.25, -0.2) is 8.78 Å². The zero-order valence-electron chi connectivity index (χ0n) is 10.8. The van der Waals surface area contributed by atoms with Gasteiger partial charge in [-0.15, -0.1) is 0 Å². The van der Waals surface area contributed by atoms with Crippen LogP contribution in [-0.2, 0) is 11.2 Å². The number of halogens is 2. The second-order valence-electron chi connectivity index (χ2n) is 4.32. The summed E-state index contributed by atoms with van der Waals surface area (Å²) in [6, 6.07) is 9.43. The first-order chi connectivity index (χ1) is 9.95. The predicted molar refractivity (Wildman–Crippen MR) is 68.3 cm³/mol. The Balaban J connectivity index is 2.28. The molecule has 0 spiro atoms. The van der Waals surface area contributed by atoms with Crippen molar-refractivity contribution < 1.29 is 28.5 Å². The van der Waals surface area contributed by atoms with Crippen LogP contribution in [0, 0.1) is 0 Å². The highest BCUT2D eigenvalue weighted by Gasteiger charge is 2.15. The number of aliphatic carboxylic acids is 1. The number of hydrogen-bond donors (Lipinski definition) is 1. The van der Waals surface area contributed by atoms with Crippen molar-refractivity contribution in [1.29, 1.82) is 0 Å². The normalized spacial score (nSPS) is 10.6. The largest absolute Gasteiger partial charge is 0.550 e. The Morgan fingerprint density at radius 2 is 2.00 bits per heavy atom. The van der Waals surface area contributed by atoms with Crippen LogP contribution in [0.15, 0.2) is 42.5 Å². The van der Waals surface area contributed by atoms with Crippen molar-refractivity contribution in [1.82, 2.24) is 0 Å². The molecule has 0 fully saturated rings. The Morgan fingerprint density at radius 1 is 1.24 bits per heavy atom. The maximum Gasteiger partial charge on any atom is 0.267 e. The van der Waals surface area contributed by atoms with E-state index >= 15 is 0 Å². The van der Waals surface area contributed by atoms with E-state index in [-0.39, 0.29) is 23.7 Å². The Labute approximate surface area is 119 Å². The van der Waals surface area contributed by atoms with E-state index in [0.717, 1.165) is 6.07 Å². The van der Waals surface area contributed by atoms with Crippen molar-refractivity contribution in [3.05, 3.63) is 53.6 Å². The smallest absolute Gasteiger partial charge is 0.267 e. The van der Waals surface area contributed by atoms with Crippen LogP contribution in [-0.4, -0.2) is 11.1 Å². The highest BCUT2D eigenvalue weighted by Crippen LogP contribution is 2.34. The topological polar surface area (TPSA) is 69.6 Å². The fraction of sp³-hybridized carbons (Fsp3) is 0.133. The molecule has 4 nitrogen and oxygen atoms in total. The molecule has 0 aliphatic carbocycles. The Kier molecular flexibility index (Phi) is 4.37. The first-order valence-corrected chi connectivity index (χ1v) is 6.03. The fourth-order valence-electron chi connectivity index (χ4n) is 1.81. The molecule has 2 rings (SSSR count). The highest BCUT2D eigenvalue weighted by molar-refractivity contribution is 5.68. The summed E-state index contributed by atoms with van der Waals surface area (Å²) < 4.78 is 31.1. The molecular weight excluding hydrogens is 282 g/mol. The van der Waals surface area contributed by atoms with Gasteiger partial charge in [-0.05, 0) is 35.9 Å². The average Bonchev–Trinajstić information content (AvgIpc) is 2.40. The van der Waals surface area contributed by atoms with Crippen molar-refractivity contribution in [2.75, 3.05) is 0 Å². The van der Waals surface area contributed by atoms with Crippen LogP contribution >= 0.6 is 0 Å². The van der Waals surface area contributed by atoms with Gasteiger partial charge < -0.3 is 19.7 Å². The maximum absolute atomic E-state index is 12.9. The van der Waals surface area contributed by atoms with Gasteiger partial charge in [-0.3, -0.25) is 0 Å². The molecule has 0 saturated carbocycles. The molecule has 110 valence electrons. The number of carboxylic acid groups (broad SMARTS) is 1. The van der Waals surface area contributed by atoms with Crippen molar-refractivity contribution in [3.63, 3.8) is 0 Å². The lowest BCUT2D eigenvalue weighted by atomic mass is 10.1. The minimum Gasteiger partial charge on any atom is -0.550 e. The standard InChI is InChI=1S/C15H12F2O4/c16-15(17)12-8-10(18)4-5-13(12)21-11-3-1-2-9(6-11)7-14(19)20/h1-6,8,15,18H,7H2,(H,19,20)/p-1. The van der Waals surface area contributed by atoms with E-state index in [9.17, 15) is 23.8 Å². The summed E-state index contributed by atoms with van der Waals surface area (Å²) in [4.78, 5) is 10.5. The minimum absolute atomic E-state index is 0.103. The van der Waals surface area contributed by atoms with Crippen molar-refractivity contribution >= 4 is 5.97 Å². The van der Waals surface area contributed by atoms with Gasteiger partial charge in [0, 0.05) is 12.4 Å². The zero-order chi connectivity index (χ0) is 15.4. The number of carboxylic acids is 1. The number of phenolic OH excluding ortho intramolecular Hbond substituents is 1. The number of rotatable bonds is 5. The van der Waals surface area contributed by atoms with Crippen LogP contribution in [0.25, 0.3) is 0 Å². The van der Waals surface area contributed by atoms with Gasteiger partial charge in [-0.1, -0.05) is 12.1 Å². The van der Waals surface area contributed by atoms with E-state index in [0.29, 0.717) is 5.56 Å². The molecular formula is C15H11F2O4-. The maximum atomic E-state index is 12.9. The lowest BCUT2D eigenvalue weighted by Gasteiger charge is -2.12. The van der Waals surface area contributed by atoms with Crippen LogP contribution in [0.5, 0.6) is 17.2 Å². The first kappa shape index (κ1) is 14.8. The van der Waals surface area contributed by atoms with Crippen LogP contribution in [0.4, 0.5) is 8.78 Å². The number of carbonyl (C=O) groups is 1.